The summed E-state index contributed by atoms with van der Waals surface area (Å²) in [5.74, 6) is 1.62. The maximum absolute atomic E-state index is 9.31. The molecule has 1 rings (SSSR count). The molecule has 0 spiro atoms. The van der Waals surface area contributed by atoms with E-state index in [4.69, 9.17) is 4.74 Å². The van der Waals surface area contributed by atoms with Crippen LogP contribution in [0.1, 0.15) is 26.3 Å². The lowest BCUT2D eigenvalue weighted by atomic mass is 10.1. The van der Waals surface area contributed by atoms with Crippen LogP contribution >= 0.6 is 11.8 Å². The van der Waals surface area contributed by atoms with Gasteiger partial charge in [0, 0.05) is 10.4 Å². The number of rotatable bonds is 6. The van der Waals surface area contributed by atoms with Crippen molar-refractivity contribution in [1.29, 1.82) is 5.26 Å². The van der Waals surface area contributed by atoms with E-state index in [9.17, 15) is 5.26 Å². The van der Waals surface area contributed by atoms with Gasteiger partial charge < -0.3 is 9.64 Å². The summed E-state index contributed by atoms with van der Waals surface area (Å²) in [4.78, 5) is 3.11. The van der Waals surface area contributed by atoms with Gasteiger partial charge in [-0.2, -0.15) is 5.26 Å². The second-order valence-electron chi connectivity index (χ2n) is 5.17. The van der Waals surface area contributed by atoms with E-state index in [0.29, 0.717) is 17.9 Å². The highest BCUT2D eigenvalue weighted by molar-refractivity contribution is 7.99. The van der Waals surface area contributed by atoms with Gasteiger partial charge in [0.25, 0.3) is 0 Å². The van der Waals surface area contributed by atoms with Crippen molar-refractivity contribution in [3.8, 4) is 11.8 Å². The highest BCUT2D eigenvalue weighted by Gasteiger charge is 2.22. The predicted octanol–water partition coefficient (Wildman–Crippen LogP) is 3.39. The molecule has 104 valence electrons. The zero-order chi connectivity index (χ0) is 14.5. The van der Waals surface area contributed by atoms with Crippen LogP contribution < -0.4 is 4.74 Å². The average molecular weight is 278 g/mol. The molecule has 0 aromatic heterocycles. The maximum Gasteiger partial charge on any atom is 0.138 e. The third-order valence-corrected chi connectivity index (χ3v) is 4.13. The standard InChI is InChI=1S/C15H22N2OS/c1-6-19-14-9-7-8-13(12(14)10-16)18-11-15(2,3)17(4)5/h7-9H,6,11H2,1-5H3. The molecule has 0 saturated heterocycles. The minimum Gasteiger partial charge on any atom is -0.490 e. The number of nitrogens with zero attached hydrogens (tertiary/aromatic N) is 2. The van der Waals surface area contributed by atoms with Crippen LogP contribution in [0.25, 0.3) is 0 Å². The molecule has 0 amide bonds. The quantitative estimate of drug-likeness (QED) is 0.747. The number of benzene rings is 1. The summed E-state index contributed by atoms with van der Waals surface area (Å²) in [5.41, 5.74) is 0.574. The van der Waals surface area contributed by atoms with E-state index in [0.717, 1.165) is 10.6 Å². The summed E-state index contributed by atoms with van der Waals surface area (Å²) in [5, 5.41) is 9.31. The molecule has 0 aliphatic heterocycles. The fraction of sp³-hybridized carbons (Fsp3) is 0.533. The summed E-state index contributed by atoms with van der Waals surface area (Å²) in [7, 11) is 4.05. The lowest BCUT2D eigenvalue weighted by Gasteiger charge is -2.32. The van der Waals surface area contributed by atoms with Gasteiger partial charge in [-0.05, 0) is 45.8 Å². The summed E-state index contributed by atoms with van der Waals surface area (Å²) in [6, 6.07) is 8.03. The van der Waals surface area contributed by atoms with Crippen LogP contribution in [0.15, 0.2) is 23.1 Å². The van der Waals surface area contributed by atoms with E-state index >= 15 is 0 Å². The summed E-state index contributed by atoms with van der Waals surface area (Å²) < 4.78 is 5.86. The van der Waals surface area contributed by atoms with Crippen LogP contribution in [0.2, 0.25) is 0 Å². The molecule has 0 aliphatic carbocycles. The molecule has 0 atom stereocenters. The van der Waals surface area contributed by atoms with Crippen LogP contribution in [0.3, 0.4) is 0 Å². The number of hydrogen-bond acceptors (Lipinski definition) is 4. The Morgan fingerprint density at radius 2 is 2.05 bits per heavy atom. The Hall–Kier alpha value is -1.18. The van der Waals surface area contributed by atoms with E-state index in [-0.39, 0.29) is 5.54 Å². The van der Waals surface area contributed by atoms with E-state index in [1.807, 2.05) is 32.3 Å². The van der Waals surface area contributed by atoms with Crippen molar-refractivity contribution in [2.75, 3.05) is 26.5 Å². The van der Waals surface area contributed by atoms with Crippen LogP contribution in [0, 0.1) is 11.3 Å². The molecule has 0 heterocycles. The van der Waals surface area contributed by atoms with Crippen LogP contribution in [-0.2, 0) is 0 Å². The average Bonchev–Trinajstić information content (AvgIpc) is 2.36. The molecule has 0 saturated carbocycles. The largest absolute Gasteiger partial charge is 0.490 e. The van der Waals surface area contributed by atoms with Gasteiger partial charge in [-0.1, -0.05) is 13.0 Å². The van der Waals surface area contributed by atoms with Crippen LogP contribution in [0.4, 0.5) is 0 Å². The highest BCUT2D eigenvalue weighted by Crippen LogP contribution is 2.30. The molecular weight excluding hydrogens is 256 g/mol. The molecular formula is C15H22N2OS. The minimum absolute atomic E-state index is 0.0688. The predicted molar refractivity (Wildman–Crippen MR) is 80.8 cm³/mol. The van der Waals surface area contributed by atoms with Crippen molar-refractivity contribution < 1.29 is 4.74 Å². The fourth-order valence-corrected chi connectivity index (χ4v) is 2.18. The van der Waals surface area contributed by atoms with Crippen molar-refractivity contribution in [3.05, 3.63) is 23.8 Å². The van der Waals surface area contributed by atoms with Gasteiger partial charge in [0.15, 0.2) is 0 Å². The molecule has 0 unspecified atom stereocenters. The molecule has 4 heteroatoms. The van der Waals surface area contributed by atoms with Crippen LogP contribution in [-0.4, -0.2) is 36.9 Å². The molecule has 0 aliphatic rings. The SMILES string of the molecule is CCSc1cccc(OCC(C)(C)N(C)C)c1C#N. The number of thioether (sulfide) groups is 1. The maximum atomic E-state index is 9.31. The number of ether oxygens (including phenoxy) is 1. The second-order valence-corrected chi connectivity index (χ2v) is 6.48. The Morgan fingerprint density at radius 3 is 2.58 bits per heavy atom. The third-order valence-electron chi connectivity index (χ3n) is 3.19. The van der Waals surface area contributed by atoms with Gasteiger partial charge in [0.2, 0.25) is 0 Å². The summed E-state index contributed by atoms with van der Waals surface area (Å²) >= 11 is 1.67. The zero-order valence-electron chi connectivity index (χ0n) is 12.4. The highest BCUT2D eigenvalue weighted by atomic mass is 32.2. The molecule has 0 radical (unpaired) electrons. The third kappa shape index (κ3) is 4.15. The van der Waals surface area contributed by atoms with Crippen molar-refractivity contribution in [2.24, 2.45) is 0 Å². The monoisotopic (exact) mass is 278 g/mol. The van der Waals surface area contributed by atoms with E-state index in [2.05, 4.69) is 31.7 Å². The van der Waals surface area contributed by atoms with Gasteiger partial charge in [-0.3, -0.25) is 0 Å². The minimum atomic E-state index is -0.0688. The Balaban J connectivity index is 2.90. The second kappa shape index (κ2) is 6.83. The lowest BCUT2D eigenvalue weighted by Crippen LogP contribution is -2.43. The van der Waals surface area contributed by atoms with Crippen LogP contribution in [0.5, 0.6) is 5.75 Å². The first-order valence-corrected chi connectivity index (χ1v) is 7.37. The van der Waals surface area contributed by atoms with Crippen molar-refractivity contribution in [3.63, 3.8) is 0 Å². The van der Waals surface area contributed by atoms with Gasteiger partial charge in [0.1, 0.15) is 24.0 Å². The zero-order valence-corrected chi connectivity index (χ0v) is 13.2. The first kappa shape index (κ1) is 15.9. The van der Waals surface area contributed by atoms with E-state index in [1.165, 1.54) is 0 Å². The molecule has 1 aromatic rings. The number of likely N-dealkylation sites (N-methyl/N-ethyl adjacent to an activating group) is 1. The normalized spacial score (nSPS) is 11.4. The summed E-state index contributed by atoms with van der Waals surface area (Å²) in [6.07, 6.45) is 0. The van der Waals surface area contributed by atoms with Crippen molar-refractivity contribution in [2.45, 2.75) is 31.2 Å². The molecule has 3 nitrogen and oxygen atoms in total. The lowest BCUT2D eigenvalue weighted by molar-refractivity contribution is 0.113. The Labute approximate surface area is 120 Å². The Kier molecular flexibility index (Phi) is 5.71. The fourth-order valence-electron chi connectivity index (χ4n) is 1.40. The molecule has 19 heavy (non-hydrogen) atoms. The van der Waals surface area contributed by atoms with Gasteiger partial charge in [-0.25, -0.2) is 0 Å². The molecule has 1 aromatic carbocycles. The number of hydrogen-bond donors (Lipinski definition) is 0. The van der Waals surface area contributed by atoms with Crippen molar-refractivity contribution in [1.82, 2.24) is 4.90 Å². The Morgan fingerprint density at radius 1 is 1.37 bits per heavy atom. The summed E-state index contributed by atoms with van der Waals surface area (Å²) in [6.45, 7) is 6.86. The van der Waals surface area contributed by atoms with Gasteiger partial charge in [-0.15, -0.1) is 11.8 Å². The topological polar surface area (TPSA) is 36.3 Å². The van der Waals surface area contributed by atoms with Crippen molar-refractivity contribution >= 4 is 11.8 Å². The first-order chi connectivity index (χ1) is 8.92. The van der Waals surface area contributed by atoms with E-state index < -0.39 is 0 Å². The van der Waals surface area contributed by atoms with Gasteiger partial charge in [0.05, 0.1) is 0 Å². The Bertz CT molecular complexity index is 464. The smallest absolute Gasteiger partial charge is 0.138 e. The number of nitriles is 1. The molecule has 0 fully saturated rings. The molecule has 0 N–H and O–H groups in total. The van der Waals surface area contributed by atoms with E-state index in [1.54, 1.807) is 11.8 Å². The first-order valence-electron chi connectivity index (χ1n) is 6.38. The molecule has 0 bridgehead atoms. The van der Waals surface area contributed by atoms with Gasteiger partial charge >= 0.3 is 0 Å².